The molecule has 1 unspecified atom stereocenters. The van der Waals surface area contributed by atoms with Crippen LogP contribution < -0.4 is 5.32 Å². The van der Waals surface area contributed by atoms with Crippen LogP contribution in [0.15, 0.2) is 30.3 Å². The van der Waals surface area contributed by atoms with Crippen LogP contribution >= 0.6 is 0 Å². The highest BCUT2D eigenvalue weighted by Gasteiger charge is 2.16. The van der Waals surface area contributed by atoms with E-state index >= 15 is 0 Å². The second-order valence-electron chi connectivity index (χ2n) is 3.89. The maximum atomic E-state index is 11.3. The molecule has 0 spiro atoms. The zero-order valence-corrected chi connectivity index (χ0v) is 10.3. The van der Waals surface area contributed by atoms with E-state index in [1.807, 2.05) is 30.3 Å². The van der Waals surface area contributed by atoms with Gasteiger partial charge in [-0.15, -0.1) is 0 Å². The average Bonchev–Trinajstić information content (AvgIpc) is 2.38. The van der Waals surface area contributed by atoms with Crippen molar-refractivity contribution in [2.45, 2.75) is 20.0 Å². The predicted octanol–water partition coefficient (Wildman–Crippen LogP) is 2.02. The van der Waals surface area contributed by atoms with Gasteiger partial charge in [-0.2, -0.15) is 0 Å². The van der Waals surface area contributed by atoms with Gasteiger partial charge in [0.1, 0.15) is 6.61 Å². The number of rotatable bonds is 6. The molecule has 0 fully saturated rings. The number of aliphatic carboxylic acids is 1. The topological polar surface area (TPSA) is 75.6 Å². The maximum absolute atomic E-state index is 11.3. The minimum Gasteiger partial charge on any atom is -0.481 e. The summed E-state index contributed by atoms with van der Waals surface area (Å²) in [5, 5.41) is 11.2. The normalized spacial score (nSPS) is 11.6. The maximum Gasteiger partial charge on any atom is 0.407 e. The smallest absolute Gasteiger partial charge is 0.407 e. The third-order valence-electron chi connectivity index (χ3n) is 2.55. The zero-order chi connectivity index (χ0) is 13.4. The summed E-state index contributed by atoms with van der Waals surface area (Å²) >= 11 is 0. The quantitative estimate of drug-likeness (QED) is 0.811. The lowest BCUT2D eigenvalue weighted by Gasteiger charge is -2.11. The van der Waals surface area contributed by atoms with Crippen LogP contribution in [0.5, 0.6) is 0 Å². The Morgan fingerprint density at radius 1 is 1.33 bits per heavy atom. The van der Waals surface area contributed by atoms with E-state index in [1.165, 1.54) is 0 Å². The molecule has 0 aliphatic rings. The molecule has 0 radical (unpaired) electrons. The van der Waals surface area contributed by atoms with Crippen LogP contribution in [0.2, 0.25) is 0 Å². The summed E-state index contributed by atoms with van der Waals surface area (Å²) in [6, 6.07) is 9.28. The van der Waals surface area contributed by atoms with Crippen molar-refractivity contribution in [1.29, 1.82) is 0 Å². The van der Waals surface area contributed by atoms with Crippen LogP contribution in [0.25, 0.3) is 0 Å². The number of carboxylic acids is 1. The van der Waals surface area contributed by atoms with Gasteiger partial charge in [-0.1, -0.05) is 37.3 Å². The van der Waals surface area contributed by atoms with E-state index in [-0.39, 0.29) is 13.2 Å². The minimum atomic E-state index is -0.916. The number of carbonyl (C=O) groups is 2. The Labute approximate surface area is 106 Å². The molecule has 0 aliphatic heterocycles. The van der Waals surface area contributed by atoms with E-state index in [0.717, 1.165) is 5.56 Å². The zero-order valence-electron chi connectivity index (χ0n) is 10.3. The second kappa shape index (κ2) is 7.32. The lowest BCUT2D eigenvalue weighted by atomic mass is 10.1. The van der Waals surface area contributed by atoms with Crippen LogP contribution in [-0.2, 0) is 16.1 Å². The summed E-state index contributed by atoms with van der Waals surface area (Å²) in [7, 11) is 0. The standard InChI is InChI=1S/C13H17NO4/c1-2-11(12(15)16)8-14-13(17)18-9-10-6-4-3-5-7-10/h3-7,11H,2,8-9H2,1H3,(H,14,17)(H,15,16). The molecule has 0 heterocycles. The molecule has 1 aromatic carbocycles. The molecular formula is C13H17NO4. The van der Waals surface area contributed by atoms with Gasteiger partial charge in [-0.05, 0) is 12.0 Å². The van der Waals surface area contributed by atoms with Gasteiger partial charge < -0.3 is 15.2 Å². The molecule has 5 heteroatoms. The second-order valence-corrected chi connectivity index (χ2v) is 3.89. The molecule has 0 aliphatic carbocycles. The van der Waals surface area contributed by atoms with Crippen LogP contribution in [0.4, 0.5) is 4.79 Å². The fourth-order valence-electron chi connectivity index (χ4n) is 1.39. The first kappa shape index (κ1) is 14.0. The van der Waals surface area contributed by atoms with E-state index in [2.05, 4.69) is 5.32 Å². The van der Waals surface area contributed by atoms with E-state index in [0.29, 0.717) is 6.42 Å². The molecule has 1 amide bonds. The lowest BCUT2D eigenvalue weighted by Crippen LogP contribution is -2.32. The number of ether oxygens (including phenoxy) is 1. The molecular weight excluding hydrogens is 234 g/mol. The largest absolute Gasteiger partial charge is 0.481 e. The summed E-state index contributed by atoms with van der Waals surface area (Å²) < 4.78 is 4.96. The van der Waals surface area contributed by atoms with Crippen LogP contribution in [0.1, 0.15) is 18.9 Å². The summed E-state index contributed by atoms with van der Waals surface area (Å²) in [4.78, 5) is 22.1. The monoisotopic (exact) mass is 251 g/mol. The number of alkyl carbamates (subject to hydrolysis) is 1. The first-order chi connectivity index (χ1) is 8.63. The Morgan fingerprint density at radius 3 is 2.56 bits per heavy atom. The summed E-state index contributed by atoms with van der Waals surface area (Å²) in [6.45, 7) is 2.02. The molecule has 1 atom stereocenters. The molecule has 0 aromatic heterocycles. The Kier molecular flexibility index (Phi) is 5.70. The minimum absolute atomic E-state index is 0.0828. The fraction of sp³-hybridized carbons (Fsp3) is 0.385. The van der Waals surface area contributed by atoms with Crippen molar-refractivity contribution in [2.24, 2.45) is 5.92 Å². The van der Waals surface area contributed by atoms with Gasteiger partial charge in [0.2, 0.25) is 0 Å². The molecule has 1 aromatic rings. The summed E-state index contributed by atoms with van der Waals surface area (Å²) in [5.74, 6) is -1.49. The van der Waals surface area contributed by atoms with E-state index in [1.54, 1.807) is 6.92 Å². The molecule has 1 rings (SSSR count). The Bertz CT molecular complexity index is 391. The highest BCUT2D eigenvalue weighted by atomic mass is 16.5. The van der Waals surface area contributed by atoms with E-state index in [4.69, 9.17) is 9.84 Å². The highest BCUT2D eigenvalue weighted by Crippen LogP contribution is 2.02. The first-order valence-electron chi connectivity index (χ1n) is 5.80. The third kappa shape index (κ3) is 4.86. The summed E-state index contributed by atoms with van der Waals surface area (Å²) in [5.41, 5.74) is 0.887. The number of carbonyl (C=O) groups excluding carboxylic acids is 1. The highest BCUT2D eigenvalue weighted by molar-refractivity contribution is 5.72. The molecule has 18 heavy (non-hydrogen) atoms. The number of benzene rings is 1. The van der Waals surface area contributed by atoms with Gasteiger partial charge in [0.15, 0.2) is 0 Å². The average molecular weight is 251 g/mol. The van der Waals surface area contributed by atoms with Gasteiger partial charge in [0, 0.05) is 6.54 Å². The van der Waals surface area contributed by atoms with Crippen LogP contribution in [-0.4, -0.2) is 23.7 Å². The number of hydrogen-bond acceptors (Lipinski definition) is 3. The van der Waals surface area contributed by atoms with Crippen molar-refractivity contribution in [2.75, 3.05) is 6.54 Å². The molecule has 0 bridgehead atoms. The Balaban J connectivity index is 2.28. The van der Waals surface area contributed by atoms with E-state index < -0.39 is 18.0 Å². The molecule has 98 valence electrons. The molecule has 5 nitrogen and oxygen atoms in total. The lowest BCUT2D eigenvalue weighted by molar-refractivity contribution is -0.141. The first-order valence-corrected chi connectivity index (χ1v) is 5.80. The Morgan fingerprint density at radius 2 is 2.00 bits per heavy atom. The van der Waals surface area contributed by atoms with Crippen molar-refractivity contribution >= 4 is 12.1 Å². The fourth-order valence-corrected chi connectivity index (χ4v) is 1.39. The number of nitrogens with one attached hydrogen (secondary N) is 1. The molecule has 0 saturated heterocycles. The van der Waals surface area contributed by atoms with Crippen molar-refractivity contribution in [3.63, 3.8) is 0 Å². The Hall–Kier alpha value is -2.04. The molecule has 2 N–H and O–H groups in total. The van der Waals surface area contributed by atoms with Crippen molar-refractivity contribution in [1.82, 2.24) is 5.32 Å². The van der Waals surface area contributed by atoms with Gasteiger partial charge in [-0.25, -0.2) is 4.79 Å². The van der Waals surface area contributed by atoms with Gasteiger partial charge in [-0.3, -0.25) is 4.79 Å². The number of hydrogen-bond donors (Lipinski definition) is 2. The van der Waals surface area contributed by atoms with Crippen molar-refractivity contribution in [3.8, 4) is 0 Å². The van der Waals surface area contributed by atoms with Gasteiger partial charge in [0.25, 0.3) is 0 Å². The van der Waals surface area contributed by atoms with Crippen molar-refractivity contribution < 1.29 is 19.4 Å². The third-order valence-corrected chi connectivity index (χ3v) is 2.55. The van der Waals surface area contributed by atoms with Gasteiger partial charge in [0.05, 0.1) is 5.92 Å². The number of amides is 1. The predicted molar refractivity (Wildman–Crippen MR) is 66.0 cm³/mol. The summed E-state index contributed by atoms with van der Waals surface area (Å²) in [6.07, 6.45) is -0.132. The molecule has 0 saturated carbocycles. The van der Waals surface area contributed by atoms with E-state index in [9.17, 15) is 9.59 Å². The van der Waals surface area contributed by atoms with Crippen LogP contribution in [0, 0.1) is 5.92 Å². The SMILES string of the molecule is CCC(CNC(=O)OCc1ccccc1)C(=O)O. The van der Waals surface area contributed by atoms with Crippen molar-refractivity contribution in [3.05, 3.63) is 35.9 Å². The number of carboxylic acid groups (broad SMARTS) is 1. The van der Waals surface area contributed by atoms with Crippen LogP contribution in [0.3, 0.4) is 0 Å². The van der Waals surface area contributed by atoms with Gasteiger partial charge >= 0.3 is 12.1 Å².